The number of rotatable bonds is 16. The van der Waals surface area contributed by atoms with E-state index in [-0.39, 0.29) is 101 Å². The number of ether oxygens (including phenoxy) is 7. The smallest absolute Gasteiger partial charge is 0.407 e. The van der Waals surface area contributed by atoms with Crippen molar-refractivity contribution in [2.75, 3.05) is 28.4 Å². The zero-order valence-corrected chi connectivity index (χ0v) is 61.9. The van der Waals surface area contributed by atoms with E-state index in [1.165, 1.54) is 77.5 Å². The lowest BCUT2D eigenvalue weighted by Crippen LogP contribution is -2.45. The van der Waals surface area contributed by atoms with Gasteiger partial charge in [0.25, 0.3) is 0 Å². The molecule has 4 aromatic carbocycles. The summed E-state index contributed by atoms with van der Waals surface area (Å²) in [5.74, 6) is -0.215. The number of methoxy groups -OCH3 is 4. The van der Waals surface area contributed by atoms with Crippen molar-refractivity contribution in [3.8, 4) is 23.5 Å². The standard InChI is InChI=1S/C31H36F2N6O4.C21H29FN4O3.C11H22N2O2.C10H8BrFN2O.3CH4/c1-31(2,3)43-30(40)36-18-6-8-19(9-7-18)39(16-20-22(32)10-12-24-28(20)37-26(41-4)14-34-24)17-21-23(33)11-13-25-29(21)38-27(42-5)15-35-25;1-21(2,3)29-20(27)25-14-7-5-13(6-8-14)23-11-15-16(22)9-10-17-19(15)26-18(28-4)12-24-17;1-11(2,3)15-10(14)13-9-6-4-8(12)5-7-9;1-15-9-5-13-8-3-2-7(12)6(4-11)10(8)14-9;;;/h10-15,18-19H,6-9,16-17H2,1-5H3,(H,36,40);9-10,12-14,23H,5-8,11H2,1-4H3,(H,25,27);8-9H,4-7,12H2,1-3H3,(H,13,14);2-3,5H,4H2,1H3;3*1H4. The van der Waals surface area contributed by atoms with Crippen molar-refractivity contribution in [1.82, 2.24) is 66.0 Å². The lowest BCUT2D eigenvalue weighted by Gasteiger charge is -2.37. The molecule has 0 unspecified atom stereocenters. The molecule has 0 atom stereocenters. The van der Waals surface area contributed by atoms with Gasteiger partial charge in [-0.05, 0) is 188 Å². The average Bonchev–Trinajstić information content (AvgIpc) is 0.801. The summed E-state index contributed by atoms with van der Waals surface area (Å²) in [4.78, 5) is 72.5. The van der Waals surface area contributed by atoms with Crippen molar-refractivity contribution in [3.05, 3.63) is 119 Å². The number of hydrogen-bond acceptors (Lipinski definition) is 21. The highest BCUT2D eigenvalue weighted by molar-refractivity contribution is 9.08. The van der Waals surface area contributed by atoms with Gasteiger partial charge in [0.05, 0.1) is 80.8 Å². The molecule has 576 valence electrons. The molecule has 3 fully saturated rings. The first-order valence-corrected chi connectivity index (χ1v) is 35.2. The minimum Gasteiger partial charge on any atom is -0.480 e. The fraction of sp³-hybridized carbons (Fsp3) is 0.539. The number of benzene rings is 4. The third-order valence-electron chi connectivity index (χ3n) is 17.1. The fourth-order valence-electron chi connectivity index (χ4n) is 12.0. The van der Waals surface area contributed by atoms with E-state index in [9.17, 15) is 23.2 Å². The Morgan fingerprint density at radius 3 is 1.03 bits per heavy atom. The number of hydrogen-bond donors (Lipinski definition) is 5. The molecular formula is C76H107BrF4N14O10. The molecule has 6 N–H and O–H groups in total. The van der Waals surface area contributed by atoms with Gasteiger partial charge in [0.15, 0.2) is 0 Å². The van der Waals surface area contributed by atoms with Gasteiger partial charge < -0.3 is 60.2 Å². The fourth-order valence-corrected chi connectivity index (χ4v) is 12.6. The Kier molecular flexibility index (Phi) is 32.8. The van der Waals surface area contributed by atoms with Crippen LogP contribution in [0.3, 0.4) is 0 Å². The van der Waals surface area contributed by atoms with E-state index in [2.05, 4.69) is 77.1 Å². The third-order valence-corrected chi connectivity index (χ3v) is 17.7. The van der Waals surface area contributed by atoms with Crippen LogP contribution in [0.25, 0.3) is 44.1 Å². The van der Waals surface area contributed by atoms with Crippen molar-refractivity contribution in [2.45, 2.75) is 240 Å². The Labute approximate surface area is 622 Å². The maximum absolute atomic E-state index is 15.5. The molecule has 3 aliphatic carbocycles. The van der Waals surface area contributed by atoms with Crippen LogP contribution in [0.4, 0.5) is 31.9 Å². The first-order chi connectivity index (χ1) is 48.4. The maximum Gasteiger partial charge on any atom is 0.407 e. The second-order valence-corrected chi connectivity index (χ2v) is 28.8. The quantitative estimate of drug-likeness (QED) is 0.0341. The highest BCUT2D eigenvalue weighted by Gasteiger charge is 2.32. The van der Waals surface area contributed by atoms with Gasteiger partial charge in [-0.3, -0.25) is 4.90 Å². The van der Waals surface area contributed by atoms with E-state index < -0.39 is 34.5 Å². The molecule has 3 aliphatic rings. The molecule has 0 saturated heterocycles. The molecule has 8 aromatic rings. The second kappa shape index (κ2) is 39.6. The molecule has 0 radical (unpaired) electrons. The SMILES string of the molecule is C.C.C.CC(C)(C)OC(=O)NC1CCC(N)CC1.COc1cnc2ccc(F)c(CBr)c2n1.COc1cnc2ccc(F)c(CN(Cc3c(F)ccc4ncc(OC)nc34)C3CCC(NC(=O)OC(C)(C)C)CC3)c2n1.COc1cnc2ccc(F)c(CNC3CCC(NC(=O)OC(C)(C)C)CC3)c2n1. The van der Waals surface area contributed by atoms with Crippen LogP contribution in [-0.4, -0.2) is 145 Å². The van der Waals surface area contributed by atoms with Gasteiger partial charge in [-0.15, -0.1) is 0 Å². The molecule has 0 aliphatic heterocycles. The molecule has 29 heteroatoms. The Bertz CT molecular complexity index is 4050. The molecule has 105 heavy (non-hydrogen) atoms. The van der Waals surface area contributed by atoms with Gasteiger partial charge in [-0.2, -0.15) is 0 Å². The van der Waals surface area contributed by atoms with E-state index in [4.69, 9.17) is 38.9 Å². The molecular weight excluding hydrogens is 1420 g/mol. The van der Waals surface area contributed by atoms with Gasteiger partial charge in [-0.1, -0.05) is 38.2 Å². The number of carbonyl (C=O) groups is 3. The predicted octanol–water partition coefficient (Wildman–Crippen LogP) is 15.8. The van der Waals surface area contributed by atoms with Crippen molar-refractivity contribution in [2.24, 2.45) is 5.73 Å². The first kappa shape index (κ1) is 87.0. The number of fused-ring (bicyclic) bond motifs is 4. The topological polar surface area (TPSA) is 296 Å². The van der Waals surface area contributed by atoms with Gasteiger partial charge in [-0.25, -0.2) is 71.8 Å². The maximum atomic E-state index is 15.5. The number of carbonyl (C=O) groups excluding carboxylic acids is 3. The molecule has 3 amide bonds. The molecule has 4 aromatic heterocycles. The first-order valence-electron chi connectivity index (χ1n) is 34.1. The van der Waals surface area contributed by atoms with Crippen LogP contribution in [0.5, 0.6) is 23.5 Å². The Morgan fingerprint density at radius 1 is 0.438 bits per heavy atom. The lowest BCUT2D eigenvalue weighted by atomic mass is 9.89. The summed E-state index contributed by atoms with van der Waals surface area (Å²) in [5.41, 5.74) is 10.1. The minimum atomic E-state index is -0.597. The van der Waals surface area contributed by atoms with Crippen LogP contribution in [0.2, 0.25) is 0 Å². The summed E-state index contributed by atoms with van der Waals surface area (Å²) in [5, 5.41) is 12.6. The summed E-state index contributed by atoms with van der Waals surface area (Å²) in [7, 11) is 5.97. The van der Waals surface area contributed by atoms with Crippen LogP contribution in [0.1, 0.15) is 184 Å². The van der Waals surface area contributed by atoms with Crippen LogP contribution < -0.4 is 45.9 Å². The Hall–Kier alpha value is -8.67. The average molecular weight is 1530 g/mol. The van der Waals surface area contributed by atoms with Gasteiger partial charge >= 0.3 is 18.3 Å². The number of alkyl carbamates (subject to hydrolysis) is 3. The van der Waals surface area contributed by atoms with Crippen LogP contribution in [-0.2, 0) is 39.2 Å². The third kappa shape index (κ3) is 25.8. The molecule has 0 spiro atoms. The van der Waals surface area contributed by atoms with Crippen molar-refractivity contribution < 1.29 is 65.1 Å². The number of amides is 3. The highest BCUT2D eigenvalue weighted by Crippen LogP contribution is 2.33. The molecule has 3 saturated carbocycles. The molecule has 4 heterocycles. The zero-order chi connectivity index (χ0) is 74.1. The van der Waals surface area contributed by atoms with E-state index >= 15 is 8.78 Å². The summed E-state index contributed by atoms with van der Waals surface area (Å²) < 4.78 is 95.4. The van der Waals surface area contributed by atoms with Crippen molar-refractivity contribution >= 4 is 78.3 Å². The van der Waals surface area contributed by atoms with E-state index in [0.717, 1.165) is 51.4 Å². The zero-order valence-electron chi connectivity index (χ0n) is 60.3. The van der Waals surface area contributed by atoms with Crippen molar-refractivity contribution in [1.29, 1.82) is 0 Å². The number of nitrogens with one attached hydrogen (secondary N) is 4. The number of aromatic nitrogens is 8. The van der Waals surface area contributed by atoms with Crippen LogP contribution in [0.15, 0.2) is 73.3 Å². The monoisotopic (exact) mass is 1530 g/mol. The van der Waals surface area contributed by atoms with E-state index in [1.54, 1.807) is 24.3 Å². The lowest BCUT2D eigenvalue weighted by molar-refractivity contribution is 0.0465. The molecule has 0 bridgehead atoms. The highest BCUT2D eigenvalue weighted by atomic mass is 79.9. The summed E-state index contributed by atoms with van der Waals surface area (Å²) in [6, 6.07) is 12.7. The van der Waals surface area contributed by atoms with Crippen LogP contribution >= 0.6 is 15.9 Å². The van der Waals surface area contributed by atoms with Gasteiger partial charge in [0, 0.05) is 83.5 Å². The summed E-state index contributed by atoms with van der Waals surface area (Å²) in [6.07, 6.45) is 15.0. The van der Waals surface area contributed by atoms with E-state index in [0.29, 0.717) is 122 Å². The number of alkyl halides is 1. The number of halogens is 5. The van der Waals surface area contributed by atoms with Crippen LogP contribution in [0, 0.1) is 23.3 Å². The summed E-state index contributed by atoms with van der Waals surface area (Å²) >= 11 is 3.23. The van der Waals surface area contributed by atoms with Gasteiger partial charge in [0.2, 0.25) is 23.5 Å². The molecule has 11 rings (SSSR count). The van der Waals surface area contributed by atoms with Crippen molar-refractivity contribution in [3.63, 3.8) is 0 Å². The predicted molar refractivity (Wildman–Crippen MR) is 404 cm³/mol. The largest absolute Gasteiger partial charge is 0.480 e. The normalized spacial score (nSPS) is 17.9. The second-order valence-electron chi connectivity index (χ2n) is 28.2. The van der Waals surface area contributed by atoms with E-state index in [1.807, 2.05) is 67.2 Å². The summed E-state index contributed by atoms with van der Waals surface area (Å²) in [6.45, 7) is 17.2. The molecule has 24 nitrogen and oxygen atoms in total. The Balaban J connectivity index is 0.000000274. The Morgan fingerprint density at radius 2 is 0.714 bits per heavy atom. The number of nitrogens with two attached hydrogens (primary N) is 1. The minimum absolute atomic E-state index is 0. The van der Waals surface area contributed by atoms with Gasteiger partial charge in [0.1, 0.15) is 56.6 Å². The number of nitrogens with zero attached hydrogens (tertiary/aromatic N) is 9.